The summed E-state index contributed by atoms with van der Waals surface area (Å²) in [6.07, 6.45) is 4.95. The van der Waals surface area contributed by atoms with Gasteiger partial charge in [0.25, 0.3) is 0 Å². The zero-order chi connectivity index (χ0) is 13.4. The summed E-state index contributed by atoms with van der Waals surface area (Å²) in [5.74, 6) is 0.0305. The van der Waals surface area contributed by atoms with Crippen LogP contribution in [0.15, 0.2) is 17.5 Å². The Morgan fingerprint density at radius 1 is 1.44 bits per heavy atom. The Kier molecular flexibility index (Phi) is 6.36. The van der Waals surface area contributed by atoms with Crippen LogP contribution in [-0.2, 0) is 10.4 Å². The average Bonchev–Trinajstić information content (AvgIpc) is 2.87. The molecule has 0 saturated carbocycles. The number of carbonyl (C=O) groups excluding carboxylic acids is 1. The lowest BCUT2D eigenvalue weighted by molar-refractivity contribution is -0.122. The van der Waals surface area contributed by atoms with E-state index in [0.29, 0.717) is 6.42 Å². The number of hydrogen-bond acceptors (Lipinski definition) is 3. The van der Waals surface area contributed by atoms with Gasteiger partial charge in [0.05, 0.1) is 6.54 Å². The number of carbonyl (C=O) groups is 1. The minimum absolute atomic E-state index is 0.0305. The summed E-state index contributed by atoms with van der Waals surface area (Å²) in [6, 6.07) is 3.79. The van der Waals surface area contributed by atoms with Crippen molar-refractivity contribution in [1.29, 1.82) is 0 Å². The molecule has 1 atom stereocenters. The topological polar surface area (TPSA) is 49.3 Å². The number of rotatable bonds is 8. The highest BCUT2D eigenvalue weighted by Crippen LogP contribution is 2.24. The molecule has 102 valence electrons. The van der Waals surface area contributed by atoms with Crippen LogP contribution in [0.3, 0.4) is 0 Å². The predicted molar refractivity (Wildman–Crippen MR) is 75.7 cm³/mol. The minimum atomic E-state index is -0.965. The van der Waals surface area contributed by atoms with E-state index in [0.717, 1.165) is 17.7 Å². The zero-order valence-electron chi connectivity index (χ0n) is 11.2. The highest BCUT2D eigenvalue weighted by molar-refractivity contribution is 7.10. The fourth-order valence-electron chi connectivity index (χ4n) is 1.74. The van der Waals surface area contributed by atoms with Crippen molar-refractivity contribution >= 4 is 17.2 Å². The fourth-order valence-corrected chi connectivity index (χ4v) is 2.53. The molecule has 1 amide bonds. The van der Waals surface area contributed by atoms with Crippen LogP contribution < -0.4 is 5.32 Å². The normalized spacial score (nSPS) is 14.2. The second-order valence-corrected chi connectivity index (χ2v) is 5.79. The van der Waals surface area contributed by atoms with E-state index < -0.39 is 5.60 Å². The number of aliphatic hydroxyl groups is 1. The SMILES string of the molecule is CCCCCCC(=O)NCC(C)(O)c1cccs1. The molecule has 0 aliphatic heterocycles. The van der Waals surface area contributed by atoms with Crippen molar-refractivity contribution in [3.8, 4) is 0 Å². The molecule has 1 aromatic rings. The van der Waals surface area contributed by atoms with Crippen LogP contribution in [0.5, 0.6) is 0 Å². The maximum Gasteiger partial charge on any atom is 0.220 e. The van der Waals surface area contributed by atoms with Gasteiger partial charge >= 0.3 is 0 Å². The van der Waals surface area contributed by atoms with Crippen LogP contribution in [0.1, 0.15) is 50.8 Å². The van der Waals surface area contributed by atoms with E-state index in [-0.39, 0.29) is 12.5 Å². The van der Waals surface area contributed by atoms with Crippen LogP contribution in [0, 0.1) is 0 Å². The van der Waals surface area contributed by atoms with Crippen molar-refractivity contribution in [3.05, 3.63) is 22.4 Å². The van der Waals surface area contributed by atoms with Crippen LogP contribution >= 0.6 is 11.3 Å². The molecule has 2 N–H and O–H groups in total. The first kappa shape index (κ1) is 15.2. The molecule has 0 aliphatic carbocycles. The van der Waals surface area contributed by atoms with Crippen molar-refractivity contribution in [2.75, 3.05) is 6.54 Å². The third-order valence-corrected chi connectivity index (χ3v) is 4.06. The highest BCUT2D eigenvalue weighted by Gasteiger charge is 2.24. The summed E-state index contributed by atoms with van der Waals surface area (Å²) in [6.45, 7) is 4.16. The maximum atomic E-state index is 11.6. The molecule has 1 unspecified atom stereocenters. The standard InChI is InChI=1S/C14H23NO2S/c1-3-4-5-6-9-13(16)15-11-14(2,17)12-8-7-10-18-12/h7-8,10,17H,3-6,9,11H2,1-2H3,(H,15,16). The van der Waals surface area contributed by atoms with Crippen molar-refractivity contribution in [2.24, 2.45) is 0 Å². The summed E-state index contributed by atoms with van der Waals surface area (Å²) in [5.41, 5.74) is -0.965. The van der Waals surface area contributed by atoms with Gasteiger partial charge in [0, 0.05) is 11.3 Å². The molecule has 3 nitrogen and oxygen atoms in total. The first-order chi connectivity index (χ1) is 8.56. The van der Waals surface area contributed by atoms with E-state index in [1.165, 1.54) is 24.2 Å². The Balaban J connectivity index is 2.25. The Bertz CT molecular complexity index is 347. The highest BCUT2D eigenvalue weighted by atomic mass is 32.1. The van der Waals surface area contributed by atoms with Crippen molar-refractivity contribution < 1.29 is 9.90 Å². The largest absolute Gasteiger partial charge is 0.383 e. The van der Waals surface area contributed by atoms with Gasteiger partial charge in [0.15, 0.2) is 0 Å². The Labute approximate surface area is 113 Å². The molecule has 0 fully saturated rings. The molecule has 0 saturated heterocycles. The van der Waals surface area contributed by atoms with E-state index in [1.54, 1.807) is 6.92 Å². The third kappa shape index (κ3) is 5.19. The molecule has 1 aromatic heterocycles. The lowest BCUT2D eigenvalue weighted by Gasteiger charge is -2.22. The number of amides is 1. The van der Waals surface area contributed by atoms with Gasteiger partial charge in [0.2, 0.25) is 5.91 Å². The van der Waals surface area contributed by atoms with E-state index in [4.69, 9.17) is 0 Å². The van der Waals surface area contributed by atoms with Gasteiger partial charge in [-0.25, -0.2) is 0 Å². The second-order valence-electron chi connectivity index (χ2n) is 4.84. The molecular weight excluding hydrogens is 246 g/mol. The molecule has 0 spiro atoms. The summed E-state index contributed by atoms with van der Waals surface area (Å²) >= 11 is 1.50. The van der Waals surface area contributed by atoms with Crippen molar-refractivity contribution in [2.45, 2.75) is 51.6 Å². The molecule has 0 aliphatic rings. The Hall–Kier alpha value is -0.870. The maximum absolute atomic E-state index is 11.6. The number of nitrogens with one attached hydrogen (secondary N) is 1. The average molecular weight is 269 g/mol. The van der Waals surface area contributed by atoms with Gasteiger partial charge in [0.1, 0.15) is 5.60 Å². The third-order valence-electron chi connectivity index (χ3n) is 2.94. The Morgan fingerprint density at radius 2 is 2.22 bits per heavy atom. The summed E-state index contributed by atoms with van der Waals surface area (Å²) in [4.78, 5) is 12.5. The minimum Gasteiger partial charge on any atom is -0.383 e. The van der Waals surface area contributed by atoms with E-state index in [1.807, 2.05) is 17.5 Å². The van der Waals surface area contributed by atoms with Gasteiger partial charge in [-0.1, -0.05) is 32.3 Å². The van der Waals surface area contributed by atoms with E-state index in [9.17, 15) is 9.90 Å². The second kappa shape index (κ2) is 7.54. The molecule has 0 aromatic carbocycles. The lowest BCUT2D eigenvalue weighted by Crippen LogP contribution is -2.37. The molecule has 0 bridgehead atoms. The monoisotopic (exact) mass is 269 g/mol. The van der Waals surface area contributed by atoms with Crippen LogP contribution in [0.25, 0.3) is 0 Å². The summed E-state index contributed by atoms with van der Waals surface area (Å²) in [7, 11) is 0. The number of hydrogen-bond donors (Lipinski definition) is 2. The molecule has 18 heavy (non-hydrogen) atoms. The molecule has 4 heteroatoms. The van der Waals surface area contributed by atoms with Gasteiger partial charge in [-0.15, -0.1) is 11.3 Å². The summed E-state index contributed by atoms with van der Waals surface area (Å²) < 4.78 is 0. The molecular formula is C14H23NO2S. The zero-order valence-corrected chi connectivity index (χ0v) is 12.1. The molecule has 1 heterocycles. The molecule has 1 rings (SSSR count). The van der Waals surface area contributed by atoms with Crippen molar-refractivity contribution in [3.63, 3.8) is 0 Å². The van der Waals surface area contributed by atoms with Gasteiger partial charge in [-0.05, 0) is 24.8 Å². The summed E-state index contributed by atoms with van der Waals surface area (Å²) in [5, 5.41) is 15.0. The van der Waals surface area contributed by atoms with Crippen LogP contribution in [0.4, 0.5) is 0 Å². The van der Waals surface area contributed by atoms with Gasteiger partial charge in [-0.3, -0.25) is 4.79 Å². The van der Waals surface area contributed by atoms with E-state index >= 15 is 0 Å². The molecule has 0 radical (unpaired) electrons. The van der Waals surface area contributed by atoms with Crippen molar-refractivity contribution in [1.82, 2.24) is 5.32 Å². The smallest absolute Gasteiger partial charge is 0.220 e. The first-order valence-electron chi connectivity index (χ1n) is 6.59. The van der Waals surface area contributed by atoms with Crippen LogP contribution in [0.2, 0.25) is 0 Å². The number of thiophene rings is 1. The first-order valence-corrected chi connectivity index (χ1v) is 7.47. The predicted octanol–water partition coefficient (Wildman–Crippen LogP) is 3.04. The van der Waals surface area contributed by atoms with Crippen LogP contribution in [-0.4, -0.2) is 17.6 Å². The van der Waals surface area contributed by atoms with E-state index in [2.05, 4.69) is 12.2 Å². The van der Waals surface area contributed by atoms with Gasteiger partial charge < -0.3 is 10.4 Å². The quantitative estimate of drug-likeness (QED) is 0.713. The lowest BCUT2D eigenvalue weighted by atomic mass is 10.1. The number of unbranched alkanes of at least 4 members (excludes halogenated alkanes) is 3. The Morgan fingerprint density at radius 3 is 2.83 bits per heavy atom. The fraction of sp³-hybridized carbons (Fsp3) is 0.643. The van der Waals surface area contributed by atoms with Gasteiger partial charge in [-0.2, -0.15) is 0 Å².